The van der Waals surface area contributed by atoms with E-state index in [0.29, 0.717) is 11.0 Å². The number of aryl methyl sites for hydroxylation is 1. The molecule has 2 heterocycles. The Morgan fingerprint density at radius 1 is 1.18 bits per heavy atom. The number of nitrogens with zero attached hydrogens (tertiary/aromatic N) is 3. The van der Waals surface area contributed by atoms with Gasteiger partial charge in [0.2, 0.25) is 5.89 Å². The molecule has 0 aromatic carbocycles. The fourth-order valence-corrected chi connectivity index (χ4v) is 7.28. The van der Waals surface area contributed by atoms with Crippen LogP contribution in [0.2, 0.25) is 0 Å². The summed E-state index contributed by atoms with van der Waals surface area (Å²) in [7, 11) is 0. The fourth-order valence-electron chi connectivity index (χ4n) is 6.63. The molecular weight excluding hydrogens is 370 g/mol. The van der Waals surface area contributed by atoms with Gasteiger partial charge in [-0.15, -0.1) is 10.2 Å². The Morgan fingerprint density at radius 2 is 1.82 bits per heavy atom. The highest BCUT2D eigenvalue weighted by molar-refractivity contribution is 7.99. The third-order valence-corrected chi connectivity index (χ3v) is 8.23. The lowest BCUT2D eigenvalue weighted by atomic mass is 9.49. The molecule has 4 aliphatic rings. The zero-order valence-electron chi connectivity index (χ0n) is 17.0. The SMILES string of the molecule is CCn1c(C)cc(C(=O)CSc2nnc(C34CC5CC(CC(C5)C3)C4)o2)c1C. The molecule has 0 unspecified atom stereocenters. The molecule has 0 radical (unpaired) electrons. The van der Waals surface area contributed by atoms with Crippen LogP contribution in [0.3, 0.4) is 0 Å². The van der Waals surface area contributed by atoms with Crippen molar-refractivity contribution in [3.05, 3.63) is 28.9 Å². The maximum Gasteiger partial charge on any atom is 0.277 e. The van der Waals surface area contributed by atoms with Crippen LogP contribution in [0, 0.1) is 31.6 Å². The first-order chi connectivity index (χ1) is 13.5. The summed E-state index contributed by atoms with van der Waals surface area (Å²) in [4.78, 5) is 12.7. The molecule has 0 atom stereocenters. The second-order valence-corrected chi connectivity index (χ2v) is 10.2. The number of rotatable bonds is 6. The van der Waals surface area contributed by atoms with Gasteiger partial charge in [0.25, 0.3) is 5.22 Å². The van der Waals surface area contributed by atoms with E-state index in [1.807, 2.05) is 13.0 Å². The summed E-state index contributed by atoms with van der Waals surface area (Å²) in [6, 6.07) is 2.00. The van der Waals surface area contributed by atoms with Crippen molar-refractivity contribution in [2.24, 2.45) is 17.8 Å². The molecule has 5 nitrogen and oxygen atoms in total. The second-order valence-electron chi connectivity index (χ2n) is 9.31. The maximum atomic E-state index is 12.7. The van der Waals surface area contributed by atoms with Gasteiger partial charge in [-0.1, -0.05) is 11.8 Å². The number of hydrogen-bond donors (Lipinski definition) is 0. The van der Waals surface area contributed by atoms with Crippen molar-refractivity contribution in [2.45, 2.75) is 76.5 Å². The molecule has 4 saturated carbocycles. The number of thioether (sulfide) groups is 1. The van der Waals surface area contributed by atoms with E-state index in [4.69, 9.17) is 4.42 Å². The van der Waals surface area contributed by atoms with Gasteiger partial charge in [0.1, 0.15) is 0 Å². The summed E-state index contributed by atoms with van der Waals surface area (Å²) >= 11 is 1.38. The number of hydrogen-bond acceptors (Lipinski definition) is 5. The van der Waals surface area contributed by atoms with E-state index < -0.39 is 0 Å². The van der Waals surface area contributed by atoms with Crippen LogP contribution < -0.4 is 0 Å². The predicted octanol–water partition coefficient (Wildman–Crippen LogP) is 4.95. The van der Waals surface area contributed by atoms with Gasteiger partial charge in [-0.2, -0.15) is 0 Å². The summed E-state index contributed by atoms with van der Waals surface area (Å²) < 4.78 is 8.29. The maximum absolute atomic E-state index is 12.7. The average molecular weight is 400 g/mol. The lowest BCUT2D eigenvalue weighted by Crippen LogP contribution is -2.48. The van der Waals surface area contributed by atoms with Gasteiger partial charge in [-0.05, 0) is 83.1 Å². The summed E-state index contributed by atoms with van der Waals surface area (Å²) in [5, 5.41) is 9.29. The Hall–Kier alpha value is -1.56. The van der Waals surface area contributed by atoms with E-state index in [-0.39, 0.29) is 11.2 Å². The third kappa shape index (κ3) is 2.95. The van der Waals surface area contributed by atoms with Crippen molar-refractivity contribution in [3.63, 3.8) is 0 Å². The van der Waals surface area contributed by atoms with E-state index in [2.05, 4.69) is 28.6 Å². The zero-order chi connectivity index (χ0) is 19.5. The summed E-state index contributed by atoms with van der Waals surface area (Å²) in [6.07, 6.45) is 7.85. The van der Waals surface area contributed by atoms with Crippen molar-refractivity contribution in [3.8, 4) is 0 Å². The average Bonchev–Trinajstić information content (AvgIpc) is 3.23. The fraction of sp³-hybridized carbons (Fsp3) is 0.682. The molecule has 0 spiro atoms. The second kappa shape index (κ2) is 6.75. The molecular formula is C22H29N3O2S. The van der Waals surface area contributed by atoms with Crippen molar-refractivity contribution in [1.29, 1.82) is 0 Å². The number of carbonyl (C=O) groups excluding carboxylic acids is 1. The Morgan fingerprint density at radius 3 is 2.39 bits per heavy atom. The Labute approximate surface area is 170 Å². The highest BCUT2D eigenvalue weighted by atomic mass is 32.2. The molecule has 0 saturated heterocycles. The standard InChI is InChI=1S/C22H29N3O2S/c1-4-25-13(2)5-18(14(25)3)19(26)12-28-21-24-23-20(27-21)22-9-15-6-16(10-22)8-17(7-15)11-22/h5,15-17H,4,6-12H2,1-3H3. The van der Waals surface area contributed by atoms with Gasteiger partial charge in [0.05, 0.1) is 5.75 Å². The van der Waals surface area contributed by atoms with Gasteiger partial charge in [-0.25, -0.2) is 0 Å². The lowest BCUT2D eigenvalue weighted by Gasteiger charge is -2.55. The van der Waals surface area contributed by atoms with Crippen molar-refractivity contribution >= 4 is 17.5 Å². The van der Waals surface area contributed by atoms with Gasteiger partial charge in [0.15, 0.2) is 5.78 Å². The highest BCUT2D eigenvalue weighted by Crippen LogP contribution is 2.60. The van der Waals surface area contributed by atoms with Crippen LogP contribution in [0.25, 0.3) is 0 Å². The van der Waals surface area contributed by atoms with Gasteiger partial charge in [-0.3, -0.25) is 4.79 Å². The van der Waals surface area contributed by atoms with Gasteiger partial charge < -0.3 is 8.98 Å². The van der Waals surface area contributed by atoms with Crippen LogP contribution in [0.4, 0.5) is 0 Å². The van der Waals surface area contributed by atoms with Crippen molar-refractivity contribution in [1.82, 2.24) is 14.8 Å². The molecule has 0 amide bonds. The minimum atomic E-state index is 0.122. The van der Waals surface area contributed by atoms with E-state index in [0.717, 1.165) is 47.1 Å². The van der Waals surface area contributed by atoms with Crippen LogP contribution in [-0.2, 0) is 12.0 Å². The molecule has 6 heteroatoms. The molecule has 4 bridgehead atoms. The van der Waals surface area contributed by atoms with Gasteiger partial charge in [0, 0.05) is 28.9 Å². The van der Waals surface area contributed by atoms with E-state index in [1.54, 1.807) is 0 Å². The smallest absolute Gasteiger partial charge is 0.277 e. The molecule has 2 aromatic heterocycles. The highest BCUT2D eigenvalue weighted by Gasteiger charge is 2.54. The number of aromatic nitrogens is 3. The first kappa shape index (κ1) is 18.5. The largest absolute Gasteiger partial charge is 0.415 e. The molecule has 0 N–H and O–H groups in total. The van der Waals surface area contributed by atoms with Crippen molar-refractivity contribution in [2.75, 3.05) is 5.75 Å². The molecule has 150 valence electrons. The monoisotopic (exact) mass is 399 g/mol. The van der Waals surface area contributed by atoms with Crippen LogP contribution in [0.1, 0.15) is 73.1 Å². The van der Waals surface area contributed by atoms with E-state index in [9.17, 15) is 4.79 Å². The predicted molar refractivity (Wildman–Crippen MR) is 109 cm³/mol. The topological polar surface area (TPSA) is 60.9 Å². The van der Waals surface area contributed by atoms with Crippen LogP contribution in [0.5, 0.6) is 0 Å². The summed E-state index contributed by atoms with van der Waals surface area (Å²) in [5.74, 6) is 3.87. The van der Waals surface area contributed by atoms with E-state index in [1.165, 1.54) is 50.3 Å². The van der Waals surface area contributed by atoms with Gasteiger partial charge >= 0.3 is 0 Å². The number of Topliss-reactive ketones (excluding diaryl/α,β-unsaturated/α-hetero) is 1. The molecule has 4 aliphatic carbocycles. The lowest BCUT2D eigenvalue weighted by molar-refractivity contribution is -0.0191. The Kier molecular flexibility index (Phi) is 4.45. The molecule has 2 aromatic rings. The van der Waals surface area contributed by atoms with Crippen LogP contribution in [-0.4, -0.2) is 26.3 Å². The first-order valence-corrected chi connectivity index (χ1v) is 11.6. The zero-order valence-corrected chi connectivity index (χ0v) is 17.8. The third-order valence-electron chi connectivity index (χ3n) is 7.42. The summed E-state index contributed by atoms with van der Waals surface area (Å²) in [5.41, 5.74) is 3.12. The molecule has 0 aliphatic heterocycles. The first-order valence-electron chi connectivity index (χ1n) is 10.6. The molecule has 4 fully saturated rings. The molecule has 6 rings (SSSR count). The van der Waals surface area contributed by atoms with E-state index >= 15 is 0 Å². The number of carbonyl (C=O) groups is 1. The quantitative estimate of drug-likeness (QED) is 0.508. The summed E-state index contributed by atoms with van der Waals surface area (Å²) in [6.45, 7) is 7.06. The normalized spacial score (nSPS) is 30.9. The minimum Gasteiger partial charge on any atom is -0.415 e. The minimum absolute atomic E-state index is 0.122. The van der Waals surface area contributed by atoms with Crippen LogP contribution >= 0.6 is 11.8 Å². The Bertz CT molecular complexity index is 878. The van der Waals surface area contributed by atoms with Crippen LogP contribution in [0.15, 0.2) is 15.7 Å². The Balaban J connectivity index is 1.28. The van der Waals surface area contributed by atoms with Crippen molar-refractivity contribution < 1.29 is 9.21 Å². The number of ketones is 1. The molecule has 28 heavy (non-hydrogen) atoms.